The van der Waals surface area contributed by atoms with Crippen LogP contribution < -0.4 is 0 Å². The zero-order valence-corrected chi connectivity index (χ0v) is 16.4. The molecule has 154 valence electrons. The second-order valence-corrected chi connectivity index (χ2v) is 7.70. The number of aromatic nitrogens is 2. The Balaban J connectivity index is 1.57. The number of carboxylic acid groups (broad SMARTS) is 1. The third-order valence-corrected chi connectivity index (χ3v) is 5.80. The Morgan fingerprint density at radius 1 is 1.10 bits per heavy atom. The highest BCUT2D eigenvalue weighted by atomic mass is 16.4. The van der Waals surface area contributed by atoms with Gasteiger partial charge in [-0.3, -0.25) is 14.7 Å². The van der Waals surface area contributed by atoms with Gasteiger partial charge < -0.3 is 15.1 Å². The number of carbonyl (C=O) groups is 2. The third-order valence-electron chi connectivity index (χ3n) is 5.80. The Hall–Kier alpha value is -3.45. The number of carbonyl (C=O) groups excluding carboxylic acids is 1. The van der Waals surface area contributed by atoms with Gasteiger partial charge in [0.2, 0.25) is 0 Å². The number of aliphatic carboxylic acids is 1. The van der Waals surface area contributed by atoms with E-state index in [4.69, 9.17) is 0 Å². The number of amides is 1. The van der Waals surface area contributed by atoms with Gasteiger partial charge in [-0.1, -0.05) is 42.5 Å². The summed E-state index contributed by atoms with van der Waals surface area (Å²) in [6, 6.07) is 18.2. The number of carboxylic acids is 1. The summed E-state index contributed by atoms with van der Waals surface area (Å²) >= 11 is 0. The van der Waals surface area contributed by atoms with Crippen LogP contribution in [-0.2, 0) is 11.2 Å². The first kappa shape index (κ1) is 19.8. The Labute approximate surface area is 174 Å². The number of benzene rings is 2. The molecule has 2 atom stereocenters. The van der Waals surface area contributed by atoms with Crippen molar-refractivity contribution in [2.24, 2.45) is 5.41 Å². The predicted molar refractivity (Wildman–Crippen MR) is 111 cm³/mol. The van der Waals surface area contributed by atoms with Crippen LogP contribution >= 0.6 is 0 Å². The molecule has 1 aliphatic rings. The van der Waals surface area contributed by atoms with Gasteiger partial charge in [-0.25, -0.2) is 0 Å². The lowest BCUT2D eigenvalue weighted by atomic mass is 9.72. The molecule has 1 amide bonds. The number of aromatic amines is 1. The number of likely N-dealkylation sites (tertiary alicyclic amines) is 1. The third kappa shape index (κ3) is 3.71. The minimum Gasteiger partial charge on any atom is -0.481 e. The Morgan fingerprint density at radius 2 is 1.83 bits per heavy atom. The maximum absolute atomic E-state index is 13.1. The highest BCUT2D eigenvalue weighted by molar-refractivity contribution is 5.95. The van der Waals surface area contributed by atoms with Crippen molar-refractivity contribution in [3.05, 3.63) is 78.0 Å². The summed E-state index contributed by atoms with van der Waals surface area (Å²) in [6.07, 6.45) is 1.01. The van der Waals surface area contributed by atoms with Crippen molar-refractivity contribution >= 4 is 11.9 Å². The van der Waals surface area contributed by atoms with Crippen LogP contribution in [0, 0.1) is 5.41 Å². The Kier molecular flexibility index (Phi) is 5.37. The minimum atomic E-state index is -1.44. The van der Waals surface area contributed by atoms with E-state index in [1.807, 2.05) is 48.5 Å². The van der Waals surface area contributed by atoms with Crippen molar-refractivity contribution in [1.29, 1.82) is 0 Å². The molecular formula is C23H23N3O4. The Bertz CT molecular complexity index is 1020. The number of hydrogen-bond donors (Lipinski definition) is 3. The first-order valence-corrected chi connectivity index (χ1v) is 9.84. The molecule has 3 N–H and O–H groups in total. The lowest BCUT2D eigenvalue weighted by molar-refractivity contribution is -0.161. The van der Waals surface area contributed by atoms with Gasteiger partial charge in [-0.05, 0) is 42.2 Å². The lowest BCUT2D eigenvalue weighted by Gasteiger charge is -2.43. The highest BCUT2D eigenvalue weighted by Gasteiger charge is 2.50. The smallest absolute Gasteiger partial charge is 0.314 e. The number of H-pyrrole nitrogens is 1. The average molecular weight is 405 g/mol. The van der Waals surface area contributed by atoms with E-state index in [0.717, 1.165) is 16.8 Å². The van der Waals surface area contributed by atoms with E-state index in [0.29, 0.717) is 12.1 Å². The van der Waals surface area contributed by atoms with E-state index in [1.54, 1.807) is 18.3 Å². The fraction of sp³-hybridized carbons (Fsp3) is 0.261. The monoisotopic (exact) mass is 405 g/mol. The molecule has 2 aromatic carbocycles. The van der Waals surface area contributed by atoms with Gasteiger partial charge in [-0.15, -0.1) is 0 Å². The molecule has 0 bridgehead atoms. The maximum Gasteiger partial charge on any atom is 0.314 e. The van der Waals surface area contributed by atoms with Crippen molar-refractivity contribution in [2.45, 2.75) is 18.9 Å². The average Bonchev–Trinajstić information content (AvgIpc) is 3.30. The second-order valence-electron chi connectivity index (χ2n) is 7.70. The molecule has 7 nitrogen and oxygen atoms in total. The SMILES string of the molecule is O=C(c1ccc(-c2ccn[nH]2)cc1)N1CC[C@H](O)[C@](Cc2ccccc2)(C(=O)O)C1. The molecule has 0 saturated carbocycles. The molecule has 0 radical (unpaired) electrons. The van der Waals surface area contributed by atoms with E-state index in [-0.39, 0.29) is 25.3 Å². The number of nitrogens with zero attached hydrogens (tertiary/aromatic N) is 2. The molecule has 1 aliphatic heterocycles. The number of nitrogens with one attached hydrogen (secondary N) is 1. The van der Waals surface area contributed by atoms with Gasteiger partial charge in [0.25, 0.3) is 5.91 Å². The van der Waals surface area contributed by atoms with Crippen molar-refractivity contribution in [3.63, 3.8) is 0 Å². The van der Waals surface area contributed by atoms with E-state index < -0.39 is 17.5 Å². The normalized spacial score (nSPS) is 21.4. The van der Waals surface area contributed by atoms with Gasteiger partial charge >= 0.3 is 5.97 Å². The lowest BCUT2D eigenvalue weighted by Crippen LogP contribution is -2.58. The van der Waals surface area contributed by atoms with Crippen LogP contribution in [0.2, 0.25) is 0 Å². The van der Waals surface area contributed by atoms with Crippen LogP contribution in [0.15, 0.2) is 66.9 Å². The van der Waals surface area contributed by atoms with Crippen LogP contribution in [0.25, 0.3) is 11.3 Å². The fourth-order valence-corrected chi connectivity index (χ4v) is 4.06. The summed E-state index contributed by atoms with van der Waals surface area (Å²) in [7, 11) is 0. The van der Waals surface area contributed by atoms with Crippen molar-refractivity contribution < 1.29 is 19.8 Å². The van der Waals surface area contributed by atoms with Crippen LogP contribution in [0.3, 0.4) is 0 Å². The van der Waals surface area contributed by atoms with Gasteiger partial charge in [-0.2, -0.15) is 5.10 Å². The topological polar surface area (TPSA) is 107 Å². The van der Waals surface area contributed by atoms with Gasteiger partial charge in [0.15, 0.2) is 0 Å². The molecule has 1 fully saturated rings. The molecule has 0 spiro atoms. The molecule has 0 aliphatic carbocycles. The zero-order chi connectivity index (χ0) is 21.1. The molecule has 7 heteroatoms. The molecule has 3 aromatic rings. The van der Waals surface area contributed by atoms with Crippen molar-refractivity contribution in [3.8, 4) is 11.3 Å². The molecule has 2 heterocycles. The molecule has 1 saturated heterocycles. The number of hydrogen-bond acceptors (Lipinski definition) is 4. The van der Waals surface area contributed by atoms with E-state index in [1.165, 1.54) is 4.90 Å². The number of piperidine rings is 1. The van der Waals surface area contributed by atoms with Crippen molar-refractivity contribution in [1.82, 2.24) is 15.1 Å². The van der Waals surface area contributed by atoms with Crippen LogP contribution in [0.1, 0.15) is 22.3 Å². The van der Waals surface area contributed by atoms with Crippen LogP contribution in [0.5, 0.6) is 0 Å². The second kappa shape index (κ2) is 8.12. The fourth-order valence-electron chi connectivity index (χ4n) is 4.06. The van der Waals surface area contributed by atoms with Gasteiger partial charge in [0, 0.05) is 24.8 Å². The summed E-state index contributed by atoms with van der Waals surface area (Å²) < 4.78 is 0. The maximum atomic E-state index is 13.1. The molecule has 4 rings (SSSR count). The predicted octanol–water partition coefficient (Wildman–Crippen LogP) is 2.60. The summed E-state index contributed by atoms with van der Waals surface area (Å²) in [5.74, 6) is -1.33. The largest absolute Gasteiger partial charge is 0.481 e. The Morgan fingerprint density at radius 3 is 2.47 bits per heavy atom. The van der Waals surface area contributed by atoms with E-state index in [9.17, 15) is 19.8 Å². The van der Waals surface area contributed by atoms with E-state index in [2.05, 4.69) is 10.2 Å². The summed E-state index contributed by atoms with van der Waals surface area (Å²) in [6.45, 7) is 0.269. The molecule has 0 unspecified atom stereocenters. The quantitative estimate of drug-likeness (QED) is 0.605. The standard InChI is InChI=1S/C23H23N3O4/c27-20-11-13-26(15-23(20,22(29)30)14-16-4-2-1-3-5-16)21(28)18-8-6-17(7-9-18)19-10-12-24-25-19/h1-10,12,20,27H,11,13-15H2,(H,24,25)(H,29,30)/t20-,23+/m0/s1. The molecule has 1 aromatic heterocycles. The van der Waals surface area contributed by atoms with Gasteiger partial charge in [0.1, 0.15) is 5.41 Å². The molecule has 30 heavy (non-hydrogen) atoms. The summed E-state index contributed by atoms with van der Waals surface area (Å²) in [4.78, 5) is 26.9. The first-order chi connectivity index (χ1) is 14.5. The summed E-state index contributed by atoms with van der Waals surface area (Å²) in [5.41, 5.74) is 1.61. The van der Waals surface area contributed by atoms with Crippen LogP contribution in [-0.4, -0.2) is 56.4 Å². The first-order valence-electron chi connectivity index (χ1n) is 9.84. The number of aliphatic hydroxyl groups excluding tert-OH is 1. The number of aliphatic hydroxyl groups is 1. The highest BCUT2D eigenvalue weighted by Crippen LogP contribution is 2.35. The zero-order valence-electron chi connectivity index (χ0n) is 16.4. The minimum absolute atomic E-state index is 0.0421. The molecular weight excluding hydrogens is 382 g/mol. The van der Waals surface area contributed by atoms with Crippen LogP contribution in [0.4, 0.5) is 0 Å². The summed E-state index contributed by atoms with van der Waals surface area (Å²) in [5, 5.41) is 27.5. The van der Waals surface area contributed by atoms with E-state index >= 15 is 0 Å². The van der Waals surface area contributed by atoms with Crippen molar-refractivity contribution in [2.75, 3.05) is 13.1 Å². The van der Waals surface area contributed by atoms with Gasteiger partial charge in [0.05, 0.1) is 11.8 Å². The number of rotatable bonds is 5.